The van der Waals surface area contributed by atoms with Crippen LogP contribution in [-0.4, -0.2) is 24.5 Å². The minimum atomic E-state index is -0.0126. The fraction of sp³-hybridized carbons (Fsp3) is 0.350. The van der Waals surface area contributed by atoms with Crippen LogP contribution in [0.2, 0.25) is 0 Å². The predicted octanol–water partition coefficient (Wildman–Crippen LogP) is 3.56. The van der Waals surface area contributed by atoms with Gasteiger partial charge in [-0.25, -0.2) is 0 Å². The average molecular weight is 361 g/mol. The number of para-hydroxylation sites is 1. The highest BCUT2D eigenvalue weighted by Gasteiger charge is 2.21. The van der Waals surface area contributed by atoms with Crippen LogP contribution in [-0.2, 0) is 6.61 Å². The molecule has 2 atom stereocenters. The Morgan fingerprint density at radius 2 is 1.88 bits per heavy atom. The normalized spacial score (nSPS) is 19.6. The van der Waals surface area contributed by atoms with Crippen molar-refractivity contribution in [2.24, 2.45) is 0 Å². The molecule has 0 aromatic heterocycles. The smallest absolute Gasteiger partial charge is 0.251 e. The Hall–Kier alpha value is -2.04. The van der Waals surface area contributed by atoms with Crippen LogP contribution in [0.25, 0.3) is 0 Å². The molecule has 134 valence electrons. The summed E-state index contributed by atoms with van der Waals surface area (Å²) in [6.45, 7) is 3.49. The number of rotatable bonds is 5. The summed E-state index contributed by atoms with van der Waals surface area (Å²) in [5, 5.41) is 6.57. The van der Waals surface area contributed by atoms with E-state index in [2.05, 4.69) is 17.6 Å². The first-order valence-corrected chi connectivity index (χ1v) is 8.52. The molecule has 2 unspecified atom stereocenters. The first-order chi connectivity index (χ1) is 11.7. The van der Waals surface area contributed by atoms with E-state index in [9.17, 15) is 4.79 Å². The lowest BCUT2D eigenvalue weighted by atomic mass is 9.99. The largest absolute Gasteiger partial charge is 0.489 e. The lowest BCUT2D eigenvalue weighted by Gasteiger charge is -2.28. The maximum absolute atomic E-state index is 12.7. The second-order valence-electron chi connectivity index (χ2n) is 6.31. The van der Waals surface area contributed by atoms with Gasteiger partial charge in [-0.05, 0) is 44.5 Å². The molecule has 1 amide bonds. The summed E-state index contributed by atoms with van der Waals surface area (Å²) in [4.78, 5) is 12.7. The van der Waals surface area contributed by atoms with Crippen molar-refractivity contribution < 1.29 is 9.53 Å². The van der Waals surface area contributed by atoms with Gasteiger partial charge in [-0.2, -0.15) is 0 Å². The second-order valence-corrected chi connectivity index (χ2v) is 6.31. The minimum absolute atomic E-state index is 0. The third-order valence-corrected chi connectivity index (χ3v) is 4.36. The topological polar surface area (TPSA) is 50.4 Å². The molecule has 1 saturated heterocycles. The van der Waals surface area contributed by atoms with Gasteiger partial charge in [-0.1, -0.05) is 36.4 Å². The number of ether oxygens (including phenoxy) is 1. The zero-order valence-corrected chi connectivity index (χ0v) is 15.2. The fourth-order valence-electron chi connectivity index (χ4n) is 3.07. The minimum Gasteiger partial charge on any atom is -0.489 e. The van der Waals surface area contributed by atoms with Crippen LogP contribution in [0.3, 0.4) is 0 Å². The number of carbonyl (C=O) groups excluding carboxylic acids is 1. The van der Waals surface area contributed by atoms with Crippen molar-refractivity contribution in [3.05, 3.63) is 65.7 Å². The number of amides is 1. The van der Waals surface area contributed by atoms with Crippen LogP contribution >= 0.6 is 12.4 Å². The van der Waals surface area contributed by atoms with E-state index in [1.807, 2.05) is 54.6 Å². The van der Waals surface area contributed by atoms with E-state index >= 15 is 0 Å². The zero-order chi connectivity index (χ0) is 16.8. The molecule has 1 fully saturated rings. The fourth-order valence-corrected chi connectivity index (χ4v) is 3.07. The van der Waals surface area contributed by atoms with Gasteiger partial charge in [0.1, 0.15) is 12.4 Å². The van der Waals surface area contributed by atoms with Gasteiger partial charge in [0.25, 0.3) is 5.91 Å². The van der Waals surface area contributed by atoms with Gasteiger partial charge in [0.05, 0.1) is 0 Å². The highest BCUT2D eigenvalue weighted by molar-refractivity contribution is 5.95. The van der Waals surface area contributed by atoms with Crippen LogP contribution in [0, 0.1) is 0 Å². The Morgan fingerprint density at radius 1 is 1.16 bits per heavy atom. The highest BCUT2D eigenvalue weighted by Crippen LogP contribution is 2.16. The maximum Gasteiger partial charge on any atom is 0.251 e. The summed E-state index contributed by atoms with van der Waals surface area (Å²) in [5.74, 6) is 0.793. The molecule has 1 heterocycles. The molecule has 0 radical (unpaired) electrons. The monoisotopic (exact) mass is 360 g/mol. The summed E-state index contributed by atoms with van der Waals surface area (Å²) in [6.07, 6.45) is 1.94. The molecule has 2 aromatic carbocycles. The Labute approximate surface area is 155 Å². The predicted molar refractivity (Wildman–Crippen MR) is 102 cm³/mol. The molecule has 3 rings (SSSR count). The van der Waals surface area contributed by atoms with Crippen LogP contribution < -0.4 is 15.4 Å². The Balaban J connectivity index is 0.00000225. The average Bonchev–Trinajstić information content (AvgIpc) is 2.61. The summed E-state index contributed by atoms with van der Waals surface area (Å²) >= 11 is 0. The first-order valence-electron chi connectivity index (χ1n) is 8.52. The number of hydrogen-bond acceptors (Lipinski definition) is 3. The number of carbonyl (C=O) groups is 1. The molecule has 0 saturated carbocycles. The van der Waals surface area contributed by atoms with Crippen molar-refractivity contribution in [1.82, 2.24) is 10.6 Å². The molecule has 5 heteroatoms. The van der Waals surface area contributed by atoms with E-state index in [4.69, 9.17) is 4.74 Å². The van der Waals surface area contributed by atoms with Crippen LogP contribution in [0.5, 0.6) is 5.75 Å². The van der Waals surface area contributed by atoms with Crippen molar-refractivity contribution in [3.8, 4) is 5.75 Å². The molecule has 0 bridgehead atoms. The summed E-state index contributed by atoms with van der Waals surface area (Å²) in [7, 11) is 0. The van der Waals surface area contributed by atoms with Gasteiger partial charge in [0.2, 0.25) is 0 Å². The van der Waals surface area contributed by atoms with Gasteiger partial charge in [0.15, 0.2) is 0 Å². The van der Waals surface area contributed by atoms with E-state index in [1.54, 1.807) is 0 Å². The molecular weight excluding hydrogens is 336 g/mol. The van der Waals surface area contributed by atoms with E-state index in [-0.39, 0.29) is 24.4 Å². The molecule has 25 heavy (non-hydrogen) atoms. The molecule has 2 aromatic rings. The third-order valence-electron chi connectivity index (χ3n) is 4.36. The standard InChI is InChI=1S/C20H24N2O2.ClH/c1-15-13-17(11-12-21-15)22-20(23)19-10-6-5-7-16(19)14-24-18-8-3-2-4-9-18;/h2-10,15,17,21H,11-14H2,1H3,(H,22,23);1H. The van der Waals surface area contributed by atoms with Crippen LogP contribution in [0.15, 0.2) is 54.6 Å². The van der Waals surface area contributed by atoms with Gasteiger partial charge in [-0.3, -0.25) is 4.79 Å². The van der Waals surface area contributed by atoms with Crippen molar-refractivity contribution in [1.29, 1.82) is 0 Å². The lowest BCUT2D eigenvalue weighted by Crippen LogP contribution is -2.46. The van der Waals surface area contributed by atoms with Crippen molar-refractivity contribution in [2.75, 3.05) is 6.54 Å². The molecule has 4 nitrogen and oxygen atoms in total. The molecule has 0 aliphatic carbocycles. The molecular formula is C20H25ClN2O2. The van der Waals surface area contributed by atoms with Crippen molar-refractivity contribution >= 4 is 18.3 Å². The second kappa shape index (κ2) is 9.44. The van der Waals surface area contributed by atoms with E-state index in [0.29, 0.717) is 18.2 Å². The number of nitrogens with one attached hydrogen (secondary N) is 2. The summed E-state index contributed by atoms with van der Waals surface area (Å²) in [5.41, 5.74) is 1.60. The van der Waals surface area contributed by atoms with Gasteiger partial charge in [0, 0.05) is 23.2 Å². The van der Waals surface area contributed by atoms with Crippen LogP contribution in [0.1, 0.15) is 35.7 Å². The summed E-state index contributed by atoms with van der Waals surface area (Å²) in [6, 6.07) is 18.0. The van der Waals surface area contributed by atoms with Gasteiger partial charge >= 0.3 is 0 Å². The van der Waals surface area contributed by atoms with Crippen LogP contribution in [0.4, 0.5) is 0 Å². The number of benzene rings is 2. The zero-order valence-electron chi connectivity index (χ0n) is 14.4. The SMILES string of the molecule is CC1CC(NC(=O)c2ccccc2COc2ccccc2)CCN1.Cl. The molecule has 2 N–H and O–H groups in total. The van der Waals surface area contributed by atoms with Crippen molar-refractivity contribution in [2.45, 2.75) is 38.5 Å². The number of hydrogen-bond donors (Lipinski definition) is 2. The van der Waals surface area contributed by atoms with Crippen molar-refractivity contribution in [3.63, 3.8) is 0 Å². The molecule has 1 aliphatic heterocycles. The lowest BCUT2D eigenvalue weighted by molar-refractivity contribution is 0.0923. The van der Waals surface area contributed by atoms with E-state index in [1.165, 1.54) is 0 Å². The van der Waals surface area contributed by atoms with Gasteiger partial charge < -0.3 is 15.4 Å². The summed E-state index contributed by atoms with van der Waals surface area (Å²) < 4.78 is 5.80. The first kappa shape index (κ1) is 19.3. The van der Waals surface area contributed by atoms with Gasteiger partial charge in [-0.15, -0.1) is 12.4 Å². The molecule has 1 aliphatic rings. The quantitative estimate of drug-likeness (QED) is 0.857. The van der Waals surface area contributed by atoms with E-state index < -0.39 is 0 Å². The third kappa shape index (κ3) is 5.48. The Bertz CT molecular complexity index is 678. The Morgan fingerprint density at radius 3 is 2.64 bits per heavy atom. The van der Waals surface area contributed by atoms with E-state index in [0.717, 1.165) is 30.7 Å². The molecule has 0 spiro atoms. The Kier molecular flexibility index (Phi) is 7.29. The number of piperidine rings is 1. The number of halogens is 1. The highest BCUT2D eigenvalue weighted by atomic mass is 35.5. The maximum atomic E-state index is 12.7.